The molecular weight excluding hydrogens is 626 g/mol. The third-order valence-electron chi connectivity index (χ3n) is 9.39. The minimum absolute atomic E-state index is 0.141. The number of rotatable bonds is 8. The van der Waals surface area contributed by atoms with E-state index in [1.165, 1.54) is 6.42 Å². The Labute approximate surface area is 290 Å². The number of hydrogen-bond donors (Lipinski definition) is 4. The van der Waals surface area contributed by atoms with Gasteiger partial charge in [-0.3, -0.25) is 4.79 Å². The van der Waals surface area contributed by atoms with E-state index < -0.39 is 6.04 Å². The molecule has 0 aromatic heterocycles. The van der Waals surface area contributed by atoms with Gasteiger partial charge in [0, 0.05) is 50.1 Å². The SMILES string of the molecule is COc1ccc(NC(=O)N(C)C[C@H]2OCCCC[C@@H](C)Oc3ccc(NC(=O)NC4CCCCC4)cc3C(=O)N([C@H](C)CO)C[C@H]2C)cc1. The number of urea groups is 2. The van der Waals surface area contributed by atoms with E-state index in [-0.39, 0.29) is 55.3 Å². The van der Waals surface area contributed by atoms with Crippen molar-refractivity contribution in [3.05, 3.63) is 48.0 Å². The largest absolute Gasteiger partial charge is 0.497 e. The lowest BCUT2D eigenvalue weighted by Crippen LogP contribution is -2.48. The van der Waals surface area contributed by atoms with Crippen LogP contribution >= 0.6 is 0 Å². The highest BCUT2D eigenvalue weighted by Crippen LogP contribution is 2.29. The summed E-state index contributed by atoms with van der Waals surface area (Å²) in [6.07, 6.45) is 7.17. The second-order valence-corrected chi connectivity index (χ2v) is 13.5. The predicted octanol–water partition coefficient (Wildman–Crippen LogP) is 6.11. The maximum Gasteiger partial charge on any atom is 0.321 e. The highest BCUT2D eigenvalue weighted by atomic mass is 16.5. The van der Waals surface area contributed by atoms with Crippen molar-refractivity contribution in [1.82, 2.24) is 15.1 Å². The molecule has 4 atom stereocenters. The van der Waals surface area contributed by atoms with Crippen LogP contribution < -0.4 is 25.4 Å². The van der Waals surface area contributed by atoms with E-state index in [0.717, 1.165) is 44.9 Å². The van der Waals surface area contributed by atoms with Crippen LogP contribution in [0.3, 0.4) is 0 Å². The zero-order chi connectivity index (χ0) is 35.3. The number of carbonyl (C=O) groups is 3. The number of anilines is 2. The maximum atomic E-state index is 14.4. The number of ether oxygens (including phenoxy) is 3. The lowest BCUT2D eigenvalue weighted by molar-refractivity contribution is -0.0115. The fraction of sp³-hybridized carbons (Fsp3) is 0.595. The Balaban J connectivity index is 1.54. The minimum atomic E-state index is -0.518. The molecule has 4 N–H and O–H groups in total. The molecule has 12 nitrogen and oxygen atoms in total. The topological polar surface area (TPSA) is 142 Å². The van der Waals surface area contributed by atoms with Crippen molar-refractivity contribution < 1.29 is 33.7 Å². The van der Waals surface area contributed by atoms with Crippen LogP contribution in [0.25, 0.3) is 0 Å². The van der Waals surface area contributed by atoms with E-state index in [1.807, 2.05) is 13.8 Å². The third kappa shape index (κ3) is 11.3. The predicted molar refractivity (Wildman–Crippen MR) is 191 cm³/mol. The van der Waals surface area contributed by atoms with Crippen LogP contribution in [0.4, 0.5) is 21.0 Å². The zero-order valence-corrected chi connectivity index (χ0v) is 29.7. The molecule has 0 spiro atoms. The van der Waals surface area contributed by atoms with Crippen molar-refractivity contribution in [3.63, 3.8) is 0 Å². The van der Waals surface area contributed by atoms with Crippen molar-refractivity contribution in [3.8, 4) is 11.5 Å². The van der Waals surface area contributed by atoms with Crippen LogP contribution in [0, 0.1) is 5.92 Å². The molecule has 4 rings (SSSR count). The number of nitrogens with zero attached hydrogens (tertiary/aromatic N) is 2. The van der Waals surface area contributed by atoms with Crippen molar-refractivity contribution >= 4 is 29.3 Å². The summed E-state index contributed by atoms with van der Waals surface area (Å²) in [5.41, 5.74) is 1.43. The van der Waals surface area contributed by atoms with Crippen LogP contribution in [0.2, 0.25) is 0 Å². The summed E-state index contributed by atoms with van der Waals surface area (Å²) < 4.78 is 17.9. The molecule has 0 saturated heterocycles. The number of fused-ring (bicyclic) bond motifs is 1. The molecule has 2 aromatic rings. The molecule has 0 radical (unpaired) electrons. The van der Waals surface area contributed by atoms with Gasteiger partial charge in [-0.25, -0.2) is 9.59 Å². The van der Waals surface area contributed by atoms with E-state index in [1.54, 1.807) is 73.3 Å². The number of amides is 5. The third-order valence-corrected chi connectivity index (χ3v) is 9.39. The summed E-state index contributed by atoms with van der Waals surface area (Å²) in [6, 6.07) is 11.3. The Morgan fingerprint density at radius 1 is 1.00 bits per heavy atom. The second kappa shape index (κ2) is 18.7. The molecular formula is C37H55N5O7. The number of carbonyl (C=O) groups excluding carboxylic acids is 3. The normalized spacial score (nSPS) is 21.7. The van der Waals surface area contributed by atoms with Gasteiger partial charge in [0.1, 0.15) is 11.5 Å². The first kappa shape index (κ1) is 37.8. The van der Waals surface area contributed by atoms with Gasteiger partial charge < -0.3 is 45.1 Å². The number of aliphatic hydroxyl groups excluding tert-OH is 1. The van der Waals surface area contributed by atoms with E-state index in [9.17, 15) is 19.5 Å². The van der Waals surface area contributed by atoms with Crippen LogP contribution in [0.5, 0.6) is 11.5 Å². The van der Waals surface area contributed by atoms with Crippen LogP contribution in [-0.4, -0.2) is 97.6 Å². The van der Waals surface area contributed by atoms with Gasteiger partial charge in [-0.2, -0.15) is 0 Å². The minimum Gasteiger partial charge on any atom is -0.497 e. The maximum absolute atomic E-state index is 14.4. The lowest BCUT2D eigenvalue weighted by Gasteiger charge is -2.35. The number of aliphatic hydroxyl groups is 1. The average molecular weight is 682 g/mol. The first-order valence-electron chi connectivity index (χ1n) is 17.7. The van der Waals surface area contributed by atoms with Crippen LogP contribution in [0.1, 0.15) is 82.5 Å². The van der Waals surface area contributed by atoms with Gasteiger partial charge in [0.2, 0.25) is 0 Å². The molecule has 1 aliphatic carbocycles. The molecule has 49 heavy (non-hydrogen) atoms. The molecule has 1 saturated carbocycles. The van der Waals surface area contributed by atoms with Gasteiger partial charge in [-0.05, 0) is 88.4 Å². The standard InChI is InChI=1S/C37H55N5O7/c1-25-22-42(26(2)24-43)35(44)32-21-30(39-36(45)38-28-12-7-6-8-13-28)16-19-33(32)49-27(3)11-9-10-20-48-34(25)23-41(4)37(46)40-29-14-17-31(47-5)18-15-29/h14-19,21,25-28,34,43H,6-13,20,22-24H2,1-5H3,(H,40,46)(H2,38,39,45)/t25-,26-,27-,34-/m1/s1. The first-order chi connectivity index (χ1) is 23.6. The summed E-state index contributed by atoms with van der Waals surface area (Å²) in [5.74, 6) is 0.593. The second-order valence-electron chi connectivity index (χ2n) is 13.5. The quantitative estimate of drug-likeness (QED) is 0.264. The highest BCUT2D eigenvalue weighted by molar-refractivity contribution is 5.99. The molecule has 0 unspecified atom stereocenters. The smallest absolute Gasteiger partial charge is 0.321 e. The molecule has 2 aromatic carbocycles. The summed E-state index contributed by atoms with van der Waals surface area (Å²) in [4.78, 5) is 43.6. The van der Waals surface area contributed by atoms with Gasteiger partial charge >= 0.3 is 12.1 Å². The van der Waals surface area contributed by atoms with E-state index in [0.29, 0.717) is 41.6 Å². The average Bonchev–Trinajstić information content (AvgIpc) is 3.10. The first-order valence-corrected chi connectivity index (χ1v) is 17.7. The fourth-order valence-corrected chi connectivity index (χ4v) is 6.31. The molecule has 12 heteroatoms. The summed E-state index contributed by atoms with van der Waals surface area (Å²) in [6.45, 7) is 6.55. The van der Waals surface area contributed by atoms with Gasteiger partial charge in [-0.1, -0.05) is 26.2 Å². The number of nitrogens with one attached hydrogen (secondary N) is 3. The Bertz CT molecular complexity index is 1370. The monoisotopic (exact) mass is 681 g/mol. The molecule has 1 heterocycles. The lowest BCUT2D eigenvalue weighted by atomic mass is 9.96. The van der Waals surface area contributed by atoms with Crippen LogP contribution in [-0.2, 0) is 4.74 Å². The van der Waals surface area contributed by atoms with E-state index in [2.05, 4.69) is 16.0 Å². The Morgan fingerprint density at radius 2 is 1.69 bits per heavy atom. The Hall–Kier alpha value is -4.03. The van der Waals surface area contributed by atoms with E-state index in [4.69, 9.17) is 14.2 Å². The molecule has 270 valence electrons. The molecule has 2 aliphatic rings. The molecule has 0 bridgehead atoms. The highest BCUT2D eigenvalue weighted by Gasteiger charge is 2.31. The molecule has 5 amide bonds. The van der Waals surface area contributed by atoms with Gasteiger partial charge in [0.15, 0.2) is 0 Å². The van der Waals surface area contributed by atoms with Gasteiger partial charge in [0.25, 0.3) is 5.91 Å². The van der Waals surface area contributed by atoms with Crippen molar-refractivity contribution in [2.75, 3.05) is 51.1 Å². The summed E-state index contributed by atoms with van der Waals surface area (Å²) >= 11 is 0. The summed E-state index contributed by atoms with van der Waals surface area (Å²) in [7, 11) is 3.30. The molecule has 1 aliphatic heterocycles. The number of likely N-dealkylation sites (N-methyl/N-ethyl adjacent to an activating group) is 1. The van der Waals surface area contributed by atoms with Crippen LogP contribution in [0.15, 0.2) is 42.5 Å². The Morgan fingerprint density at radius 3 is 2.39 bits per heavy atom. The van der Waals surface area contributed by atoms with E-state index >= 15 is 0 Å². The van der Waals surface area contributed by atoms with Crippen molar-refractivity contribution in [1.29, 1.82) is 0 Å². The number of benzene rings is 2. The van der Waals surface area contributed by atoms with Gasteiger partial charge in [-0.15, -0.1) is 0 Å². The van der Waals surface area contributed by atoms with Gasteiger partial charge in [0.05, 0.1) is 37.5 Å². The van der Waals surface area contributed by atoms with Crippen molar-refractivity contribution in [2.45, 2.75) is 96.4 Å². The zero-order valence-electron chi connectivity index (χ0n) is 29.7. The van der Waals surface area contributed by atoms with Crippen molar-refractivity contribution in [2.24, 2.45) is 5.92 Å². The number of methoxy groups -OCH3 is 1. The fourth-order valence-electron chi connectivity index (χ4n) is 6.31. The molecule has 1 fully saturated rings. The number of hydrogen-bond acceptors (Lipinski definition) is 7. The summed E-state index contributed by atoms with van der Waals surface area (Å²) in [5, 5.41) is 19.1. The Kier molecular flexibility index (Phi) is 14.4.